The Hall–Kier alpha value is -1.15. The number of carbonyl (C=O) groups excluding carboxylic acids is 1. The molecule has 0 aromatic heterocycles. The molecule has 0 bridgehead atoms. The minimum Gasteiger partial charge on any atom is -0.480 e. The zero-order chi connectivity index (χ0) is 12.8. The van der Waals surface area contributed by atoms with Crippen LogP contribution in [0.5, 0.6) is 0 Å². The fourth-order valence-corrected chi connectivity index (χ4v) is 2.81. The molecule has 98 valence electrons. The first-order valence-corrected chi connectivity index (χ1v) is 6.77. The molecule has 1 aliphatic heterocycles. The molecule has 1 fully saturated rings. The Balaban J connectivity index is 2.34. The summed E-state index contributed by atoms with van der Waals surface area (Å²) in [7, 11) is -0.801. The summed E-state index contributed by atoms with van der Waals surface area (Å²) in [5, 5.41) is 22.1. The number of carbonyl (C=O) groups is 2. The largest absolute Gasteiger partial charge is 0.480 e. The molecule has 1 heterocycles. The molecule has 0 spiro atoms. The van der Waals surface area contributed by atoms with Gasteiger partial charge in [0.1, 0.15) is 0 Å². The quantitative estimate of drug-likeness (QED) is 0.500. The van der Waals surface area contributed by atoms with Crippen molar-refractivity contribution in [2.45, 2.75) is 24.9 Å². The van der Waals surface area contributed by atoms with Gasteiger partial charge in [-0.25, -0.2) is 9.59 Å². The second kappa shape index (κ2) is 6.55. The highest BCUT2D eigenvalue weighted by Gasteiger charge is 2.22. The molecule has 1 rings (SSSR count). The van der Waals surface area contributed by atoms with Crippen molar-refractivity contribution in [3.63, 3.8) is 0 Å². The average Bonchev–Trinajstić information content (AvgIpc) is 2.28. The van der Waals surface area contributed by atoms with Gasteiger partial charge in [0, 0.05) is 28.3 Å². The van der Waals surface area contributed by atoms with E-state index in [-0.39, 0.29) is 6.04 Å². The maximum Gasteiger partial charge on any atom is 0.328 e. The lowest BCUT2D eigenvalue weighted by atomic mass is 10.1. The van der Waals surface area contributed by atoms with Crippen LogP contribution in [0.3, 0.4) is 0 Å². The maximum atomic E-state index is 11.4. The van der Waals surface area contributed by atoms with Crippen LogP contribution in [-0.4, -0.2) is 56.6 Å². The van der Waals surface area contributed by atoms with Crippen LogP contribution in [0.1, 0.15) is 12.8 Å². The Morgan fingerprint density at radius 2 is 1.94 bits per heavy atom. The van der Waals surface area contributed by atoms with Gasteiger partial charge in [-0.2, -0.15) is 0 Å². The zero-order valence-electron chi connectivity index (χ0n) is 9.22. The zero-order valence-corrected chi connectivity index (χ0v) is 10.0. The third-order valence-corrected chi connectivity index (χ3v) is 3.89. The van der Waals surface area contributed by atoms with Crippen molar-refractivity contribution in [1.29, 1.82) is 0 Å². The molecule has 4 N–H and O–H groups in total. The summed E-state index contributed by atoms with van der Waals surface area (Å²) in [6.45, 7) is -0.655. The van der Waals surface area contributed by atoms with Gasteiger partial charge < -0.3 is 20.8 Å². The lowest BCUT2D eigenvalue weighted by Crippen LogP contribution is -2.51. The molecule has 1 atom stereocenters. The maximum absolute atomic E-state index is 11.4. The number of aliphatic carboxylic acids is 1. The molecule has 1 saturated heterocycles. The van der Waals surface area contributed by atoms with Gasteiger partial charge in [-0.3, -0.25) is 4.21 Å². The first-order valence-electron chi connectivity index (χ1n) is 5.28. The lowest BCUT2D eigenvalue weighted by molar-refractivity contribution is -0.140. The second-order valence-corrected chi connectivity index (χ2v) is 5.51. The molecule has 0 aromatic carbocycles. The number of aliphatic hydroxyl groups is 1. The molecule has 8 heteroatoms. The van der Waals surface area contributed by atoms with Crippen LogP contribution in [0.2, 0.25) is 0 Å². The van der Waals surface area contributed by atoms with Crippen LogP contribution < -0.4 is 10.6 Å². The number of rotatable bonds is 4. The van der Waals surface area contributed by atoms with E-state index in [0.717, 1.165) is 0 Å². The van der Waals surface area contributed by atoms with Crippen molar-refractivity contribution in [1.82, 2.24) is 10.6 Å². The van der Waals surface area contributed by atoms with E-state index in [9.17, 15) is 13.8 Å². The van der Waals surface area contributed by atoms with E-state index < -0.39 is 35.4 Å². The van der Waals surface area contributed by atoms with Crippen LogP contribution in [0, 0.1) is 0 Å². The minimum atomic E-state index is -1.30. The van der Waals surface area contributed by atoms with Crippen molar-refractivity contribution >= 4 is 22.8 Å². The van der Waals surface area contributed by atoms with E-state index in [4.69, 9.17) is 10.2 Å². The van der Waals surface area contributed by atoms with Gasteiger partial charge in [-0.05, 0) is 12.8 Å². The summed E-state index contributed by atoms with van der Waals surface area (Å²) in [5.41, 5.74) is 0. The van der Waals surface area contributed by atoms with Crippen molar-refractivity contribution < 1.29 is 24.0 Å². The Kier molecular flexibility index (Phi) is 5.36. The van der Waals surface area contributed by atoms with Gasteiger partial charge in [0.25, 0.3) is 0 Å². The van der Waals surface area contributed by atoms with Crippen LogP contribution in [0.4, 0.5) is 4.79 Å². The monoisotopic (exact) mass is 264 g/mol. The van der Waals surface area contributed by atoms with Crippen LogP contribution in [0.15, 0.2) is 0 Å². The van der Waals surface area contributed by atoms with Crippen molar-refractivity contribution in [3.05, 3.63) is 0 Å². The van der Waals surface area contributed by atoms with Gasteiger partial charge >= 0.3 is 12.0 Å². The van der Waals surface area contributed by atoms with Gasteiger partial charge in [-0.1, -0.05) is 0 Å². The van der Waals surface area contributed by atoms with Gasteiger partial charge in [0.05, 0.1) is 6.61 Å². The molecule has 0 aliphatic carbocycles. The Bertz CT molecular complexity index is 313. The summed E-state index contributed by atoms with van der Waals surface area (Å²) >= 11 is 0. The molecular weight excluding hydrogens is 248 g/mol. The SMILES string of the molecule is O=C(NC1CCS(=O)CC1)N[C@H](CO)C(=O)O. The topological polar surface area (TPSA) is 116 Å². The van der Waals surface area contributed by atoms with Gasteiger partial charge in [-0.15, -0.1) is 0 Å². The number of amides is 2. The van der Waals surface area contributed by atoms with E-state index in [1.165, 1.54) is 0 Å². The van der Waals surface area contributed by atoms with E-state index in [1.807, 2.05) is 0 Å². The first kappa shape index (κ1) is 13.9. The summed E-state index contributed by atoms with van der Waals surface area (Å²) in [5.74, 6) is -0.187. The van der Waals surface area contributed by atoms with Gasteiger partial charge in [0.15, 0.2) is 6.04 Å². The van der Waals surface area contributed by atoms with E-state index in [2.05, 4.69) is 10.6 Å². The first-order chi connectivity index (χ1) is 8.02. The van der Waals surface area contributed by atoms with Crippen molar-refractivity contribution in [2.75, 3.05) is 18.1 Å². The molecular formula is C9H16N2O5S. The van der Waals surface area contributed by atoms with Crippen molar-refractivity contribution in [3.8, 4) is 0 Å². The predicted octanol–water partition coefficient (Wildman–Crippen LogP) is -1.36. The van der Waals surface area contributed by atoms with Crippen LogP contribution in [0.25, 0.3) is 0 Å². The standard InChI is InChI=1S/C9H16N2O5S/c12-5-7(8(13)14)11-9(15)10-6-1-3-17(16)4-2-6/h6-7,12H,1-5H2,(H,13,14)(H2,10,11,15)/t6?,7-,17?/m1/s1. The summed E-state index contributed by atoms with van der Waals surface area (Å²) in [4.78, 5) is 22.0. The molecule has 0 unspecified atom stereocenters. The van der Waals surface area contributed by atoms with Crippen LogP contribution >= 0.6 is 0 Å². The highest BCUT2D eigenvalue weighted by atomic mass is 32.2. The molecule has 0 aromatic rings. The third kappa shape index (κ3) is 4.70. The predicted molar refractivity (Wildman–Crippen MR) is 61.1 cm³/mol. The molecule has 7 nitrogen and oxygen atoms in total. The average molecular weight is 264 g/mol. The molecule has 1 aliphatic rings. The van der Waals surface area contributed by atoms with E-state index in [1.54, 1.807) is 0 Å². The Labute approximate surface area is 101 Å². The number of carboxylic acids is 1. The molecule has 17 heavy (non-hydrogen) atoms. The highest BCUT2D eigenvalue weighted by molar-refractivity contribution is 7.85. The number of nitrogens with one attached hydrogen (secondary N) is 2. The van der Waals surface area contributed by atoms with E-state index >= 15 is 0 Å². The third-order valence-electron chi connectivity index (χ3n) is 2.51. The fraction of sp³-hybridized carbons (Fsp3) is 0.778. The summed E-state index contributed by atoms with van der Waals surface area (Å²) in [6.07, 6.45) is 1.24. The Morgan fingerprint density at radius 3 is 2.41 bits per heavy atom. The van der Waals surface area contributed by atoms with Gasteiger partial charge in [0.2, 0.25) is 0 Å². The van der Waals surface area contributed by atoms with Crippen molar-refractivity contribution in [2.24, 2.45) is 0 Å². The summed E-state index contributed by atoms with van der Waals surface area (Å²) < 4.78 is 11.1. The number of hydrogen-bond acceptors (Lipinski definition) is 4. The molecule has 2 amide bonds. The number of aliphatic hydroxyl groups excluding tert-OH is 1. The highest BCUT2D eigenvalue weighted by Crippen LogP contribution is 2.08. The lowest BCUT2D eigenvalue weighted by Gasteiger charge is -2.23. The number of hydrogen-bond donors (Lipinski definition) is 4. The smallest absolute Gasteiger partial charge is 0.328 e. The minimum absolute atomic E-state index is 0.0826. The normalized spacial score (nSPS) is 25.9. The second-order valence-electron chi connectivity index (χ2n) is 3.81. The van der Waals surface area contributed by atoms with Crippen LogP contribution in [-0.2, 0) is 15.6 Å². The molecule has 0 radical (unpaired) electrons. The molecule has 0 saturated carbocycles. The summed E-state index contributed by atoms with van der Waals surface area (Å²) in [6, 6.07) is -2.00. The fourth-order valence-electron chi connectivity index (χ4n) is 1.51. The number of carboxylic acid groups (broad SMARTS) is 1. The van der Waals surface area contributed by atoms with E-state index in [0.29, 0.717) is 24.3 Å². The Morgan fingerprint density at radius 1 is 1.35 bits per heavy atom. The number of urea groups is 1.